The van der Waals surface area contributed by atoms with Gasteiger partial charge in [0, 0.05) is 23.1 Å². The number of rotatable bonds is 2. The lowest BCUT2D eigenvalue weighted by atomic mass is 9.80. The van der Waals surface area contributed by atoms with Crippen molar-refractivity contribution in [2.45, 2.75) is 12.8 Å². The molecular formula is C21H16O4. The maximum absolute atomic E-state index is 11.7. The zero-order valence-corrected chi connectivity index (χ0v) is 13.6. The van der Waals surface area contributed by atoms with Gasteiger partial charge in [-0.3, -0.25) is 0 Å². The van der Waals surface area contributed by atoms with Crippen molar-refractivity contribution in [1.29, 1.82) is 0 Å². The number of benzene rings is 3. The highest BCUT2D eigenvalue weighted by atomic mass is 16.5. The number of aromatic carboxylic acids is 1. The van der Waals surface area contributed by atoms with E-state index < -0.39 is 5.97 Å². The lowest BCUT2D eigenvalue weighted by molar-refractivity contribution is 0.0695. The molecule has 0 amide bonds. The molecule has 0 radical (unpaired) electrons. The minimum atomic E-state index is -0.962. The zero-order chi connectivity index (χ0) is 17.6. The molecular weight excluding hydrogens is 316 g/mol. The standard InChI is InChI=1S/C21H16O4/c1-12-6-8-16-18(10-12)25-19-11-13(22)7-9-17(19)20(16)14-4-2-3-5-15(14)21(23)24/h2-11,20,22H,1H3,(H,23,24). The first kappa shape index (κ1) is 15.3. The van der Waals surface area contributed by atoms with E-state index >= 15 is 0 Å². The number of phenols is 1. The molecule has 0 aromatic heterocycles. The van der Waals surface area contributed by atoms with Crippen LogP contribution >= 0.6 is 0 Å². The van der Waals surface area contributed by atoms with Crippen molar-refractivity contribution in [3.63, 3.8) is 0 Å². The highest BCUT2D eigenvalue weighted by Crippen LogP contribution is 2.49. The SMILES string of the molecule is Cc1ccc2c(c1)Oc1cc(O)ccc1C2c1ccccc1C(=O)O. The molecule has 0 spiro atoms. The van der Waals surface area contributed by atoms with E-state index in [1.54, 1.807) is 30.3 Å². The minimum absolute atomic E-state index is 0.111. The van der Waals surface area contributed by atoms with Crippen molar-refractivity contribution >= 4 is 5.97 Å². The summed E-state index contributed by atoms with van der Waals surface area (Å²) in [5.74, 6) is 0.107. The van der Waals surface area contributed by atoms with Crippen LogP contribution in [0.3, 0.4) is 0 Å². The molecule has 4 rings (SSSR count). The van der Waals surface area contributed by atoms with Gasteiger partial charge >= 0.3 is 5.97 Å². The molecule has 0 saturated heterocycles. The smallest absolute Gasteiger partial charge is 0.335 e. The van der Waals surface area contributed by atoms with Gasteiger partial charge in [0.25, 0.3) is 0 Å². The summed E-state index contributed by atoms with van der Waals surface area (Å²) in [4.78, 5) is 11.7. The molecule has 0 saturated carbocycles. The first-order chi connectivity index (χ1) is 12.0. The van der Waals surface area contributed by atoms with Crippen LogP contribution in [0.15, 0.2) is 60.7 Å². The molecule has 1 heterocycles. The molecule has 0 aliphatic carbocycles. The molecule has 1 atom stereocenters. The number of hydrogen-bond acceptors (Lipinski definition) is 3. The second-order valence-electron chi connectivity index (χ2n) is 6.19. The Morgan fingerprint density at radius 1 is 0.920 bits per heavy atom. The topological polar surface area (TPSA) is 66.8 Å². The number of carboxylic acids is 1. The Hall–Kier alpha value is -3.27. The first-order valence-electron chi connectivity index (χ1n) is 7.98. The Bertz CT molecular complexity index is 939. The van der Waals surface area contributed by atoms with E-state index in [4.69, 9.17) is 4.74 Å². The van der Waals surface area contributed by atoms with Crippen LogP contribution in [0.25, 0.3) is 0 Å². The number of aryl methyl sites for hydroxylation is 1. The molecule has 2 N–H and O–H groups in total. The van der Waals surface area contributed by atoms with Crippen LogP contribution in [0.4, 0.5) is 0 Å². The predicted molar refractivity (Wildman–Crippen MR) is 93.7 cm³/mol. The van der Waals surface area contributed by atoms with Crippen molar-refractivity contribution < 1.29 is 19.7 Å². The third kappa shape index (κ3) is 2.52. The third-order valence-corrected chi connectivity index (χ3v) is 4.51. The summed E-state index contributed by atoms with van der Waals surface area (Å²) in [6.07, 6.45) is 0. The Labute approximate surface area is 144 Å². The van der Waals surface area contributed by atoms with Crippen LogP contribution in [0.1, 0.15) is 38.5 Å². The van der Waals surface area contributed by atoms with Crippen molar-refractivity contribution in [1.82, 2.24) is 0 Å². The predicted octanol–water partition coefficient (Wildman–Crippen LogP) is 4.68. The second kappa shape index (κ2) is 5.67. The van der Waals surface area contributed by atoms with Gasteiger partial charge in [0.2, 0.25) is 0 Å². The monoisotopic (exact) mass is 332 g/mol. The van der Waals surface area contributed by atoms with Gasteiger partial charge < -0.3 is 14.9 Å². The van der Waals surface area contributed by atoms with Gasteiger partial charge in [0.15, 0.2) is 0 Å². The Kier molecular flexibility index (Phi) is 3.46. The normalized spacial score (nSPS) is 15.0. The Morgan fingerprint density at radius 3 is 2.36 bits per heavy atom. The van der Waals surface area contributed by atoms with Crippen LogP contribution in [0.5, 0.6) is 17.2 Å². The number of hydrogen-bond donors (Lipinski definition) is 2. The zero-order valence-electron chi connectivity index (χ0n) is 13.6. The van der Waals surface area contributed by atoms with Crippen LogP contribution in [0.2, 0.25) is 0 Å². The molecule has 3 aromatic rings. The largest absolute Gasteiger partial charge is 0.508 e. The van der Waals surface area contributed by atoms with E-state index in [9.17, 15) is 15.0 Å². The molecule has 25 heavy (non-hydrogen) atoms. The maximum atomic E-state index is 11.7. The summed E-state index contributed by atoms with van der Waals surface area (Å²) >= 11 is 0. The summed E-state index contributed by atoms with van der Waals surface area (Å²) in [6.45, 7) is 1.97. The van der Waals surface area contributed by atoms with Gasteiger partial charge in [0.05, 0.1) is 5.56 Å². The molecule has 3 aromatic carbocycles. The van der Waals surface area contributed by atoms with Crippen LogP contribution < -0.4 is 4.74 Å². The van der Waals surface area contributed by atoms with Crippen molar-refractivity contribution in [3.8, 4) is 17.2 Å². The summed E-state index contributed by atoms with van der Waals surface area (Å²) in [7, 11) is 0. The van der Waals surface area contributed by atoms with Crippen molar-refractivity contribution in [3.05, 3.63) is 88.5 Å². The highest BCUT2D eigenvalue weighted by molar-refractivity contribution is 5.90. The van der Waals surface area contributed by atoms with E-state index in [-0.39, 0.29) is 17.2 Å². The number of fused-ring (bicyclic) bond motifs is 2. The van der Waals surface area contributed by atoms with E-state index in [1.807, 2.05) is 37.3 Å². The fourth-order valence-corrected chi connectivity index (χ4v) is 3.38. The maximum Gasteiger partial charge on any atom is 0.335 e. The summed E-state index contributed by atoms with van der Waals surface area (Å²) in [6, 6.07) is 17.9. The third-order valence-electron chi connectivity index (χ3n) is 4.51. The minimum Gasteiger partial charge on any atom is -0.508 e. The fraction of sp³-hybridized carbons (Fsp3) is 0.0952. The van der Waals surface area contributed by atoms with E-state index in [0.717, 1.165) is 16.7 Å². The van der Waals surface area contributed by atoms with E-state index in [2.05, 4.69) is 0 Å². The molecule has 0 fully saturated rings. The second-order valence-corrected chi connectivity index (χ2v) is 6.19. The number of aromatic hydroxyl groups is 1. The number of carbonyl (C=O) groups is 1. The van der Waals surface area contributed by atoms with Gasteiger partial charge in [-0.1, -0.05) is 36.4 Å². The Morgan fingerprint density at radius 2 is 1.60 bits per heavy atom. The van der Waals surface area contributed by atoms with E-state index in [1.165, 1.54) is 0 Å². The van der Waals surface area contributed by atoms with Gasteiger partial charge in [-0.2, -0.15) is 0 Å². The van der Waals surface area contributed by atoms with Crippen molar-refractivity contribution in [2.75, 3.05) is 0 Å². The summed E-state index contributed by atoms with van der Waals surface area (Å²) in [5.41, 5.74) is 3.77. The van der Waals surface area contributed by atoms with Crippen molar-refractivity contribution in [2.24, 2.45) is 0 Å². The Balaban J connectivity index is 2.01. The van der Waals surface area contributed by atoms with E-state index in [0.29, 0.717) is 17.1 Å². The summed E-state index contributed by atoms with van der Waals surface area (Å²) < 4.78 is 5.98. The lowest BCUT2D eigenvalue weighted by Crippen LogP contribution is -2.15. The number of ether oxygens (including phenoxy) is 1. The lowest BCUT2D eigenvalue weighted by Gasteiger charge is -2.29. The van der Waals surface area contributed by atoms with Crippen LogP contribution in [-0.2, 0) is 0 Å². The van der Waals surface area contributed by atoms with Crippen LogP contribution in [0, 0.1) is 6.92 Å². The number of carboxylic acid groups (broad SMARTS) is 1. The summed E-state index contributed by atoms with van der Waals surface area (Å²) in [5, 5.41) is 19.4. The van der Waals surface area contributed by atoms with Gasteiger partial charge in [-0.15, -0.1) is 0 Å². The fourth-order valence-electron chi connectivity index (χ4n) is 3.38. The molecule has 1 unspecified atom stereocenters. The quantitative estimate of drug-likeness (QED) is 0.559. The van der Waals surface area contributed by atoms with Gasteiger partial charge in [-0.25, -0.2) is 4.79 Å². The molecule has 1 aliphatic rings. The highest BCUT2D eigenvalue weighted by Gasteiger charge is 2.31. The van der Waals surface area contributed by atoms with Gasteiger partial charge in [-0.05, 0) is 36.2 Å². The van der Waals surface area contributed by atoms with Crippen LogP contribution in [-0.4, -0.2) is 16.2 Å². The molecule has 0 bridgehead atoms. The number of phenolic OH excluding ortho intramolecular Hbond substituents is 1. The average Bonchev–Trinajstić information content (AvgIpc) is 2.59. The molecule has 4 nitrogen and oxygen atoms in total. The molecule has 1 aliphatic heterocycles. The molecule has 4 heteroatoms. The first-order valence-corrected chi connectivity index (χ1v) is 7.98. The average molecular weight is 332 g/mol. The molecule has 124 valence electrons. The van der Waals surface area contributed by atoms with Gasteiger partial charge in [0.1, 0.15) is 17.2 Å².